The van der Waals surface area contributed by atoms with Crippen molar-refractivity contribution < 1.29 is 4.52 Å². The van der Waals surface area contributed by atoms with Crippen LogP contribution in [0.2, 0.25) is 0 Å². The summed E-state index contributed by atoms with van der Waals surface area (Å²) >= 11 is 0. The SMILES string of the molecule is CCCC1CCC(c2ccc(-c3noc(-c4cc(-c5ccncc5)nc5ccccc45)n3)cc2)CC1. The van der Waals surface area contributed by atoms with Crippen molar-refractivity contribution in [2.45, 2.75) is 51.4 Å². The van der Waals surface area contributed by atoms with Crippen LogP contribution in [0, 0.1) is 5.92 Å². The van der Waals surface area contributed by atoms with Gasteiger partial charge in [-0.2, -0.15) is 4.98 Å². The molecule has 2 aromatic carbocycles. The van der Waals surface area contributed by atoms with Gasteiger partial charge in [-0.3, -0.25) is 4.98 Å². The second-order valence-electron chi connectivity index (χ2n) is 9.86. The van der Waals surface area contributed by atoms with Gasteiger partial charge < -0.3 is 4.52 Å². The first-order valence-electron chi connectivity index (χ1n) is 13.0. The Labute approximate surface area is 211 Å². The van der Waals surface area contributed by atoms with Crippen molar-refractivity contribution in [1.29, 1.82) is 0 Å². The molecule has 180 valence electrons. The fourth-order valence-electron chi connectivity index (χ4n) is 5.57. The second-order valence-corrected chi connectivity index (χ2v) is 9.86. The lowest BCUT2D eigenvalue weighted by molar-refractivity contribution is 0.308. The molecule has 3 aromatic heterocycles. The predicted molar refractivity (Wildman–Crippen MR) is 143 cm³/mol. The quantitative estimate of drug-likeness (QED) is 0.249. The summed E-state index contributed by atoms with van der Waals surface area (Å²) in [4.78, 5) is 13.8. The minimum Gasteiger partial charge on any atom is -0.334 e. The van der Waals surface area contributed by atoms with E-state index in [-0.39, 0.29) is 0 Å². The summed E-state index contributed by atoms with van der Waals surface area (Å²) in [5, 5.41) is 5.31. The summed E-state index contributed by atoms with van der Waals surface area (Å²) in [6.07, 6.45) is 11.5. The highest BCUT2D eigenvalue weighted by Crippen LogP contribution is 2.38. The van der Waals surface area contributed by atoms with Crippen molar-refractivity contribution in [1.82, 2.24) is 20.1 Å². The van der Waals surface area contributed by atoms with Crippen molar-refractivity contribution >= 4 is 10.9 Å². The Morgan fingerprint density at radius 3 is 2.39 bits per heavy atom. The van der Waals surface area contributed by atoms with Crippen molar-refractivity contribution in [3.63, 3.8) is 0 Å². The van der Waals surface area contributed by atoms with E-state index in [1.807, 2.05) is 42.5 Å². The second kappa shape index (κ2) is 10.0. The van der Waals surface area contributed by atoms with E-state index in [1.54, 1.807) is 12.4 Å². The van der Waals surface area contributed by atoms with Gasteiger partial charge >= 0.3 is 0 Å². The highest BCUT2D eigenvalue weighted by Gasteiger charge is 2.22. The van der Waals surface area contributed by atoms with E-state index in [2.05, 4.69) is 41.3 Å². The normalized spacial score (nSPS) is 17.9. The summed E-state index contributed by atoms with van der Waals surface area (Å²) in [6.45, 7) is 2.30. The number of benzene rings is 2. The summed E-state index contributed by atoms with van der Waals surface area (Å²) in [7, 11) is 0. The summed E-state index contributed by atoms with van der Waals surface area (Å²) in [5.41, 5.74) is 6.02. The molecule has 5 nitrogen and oxygen atoms in total. The van der Waals surface area contributed by atoms with Crippen molar-refractivity contribution in [3.8, 4) is 34.1 Å². The van der Waals surface area contributed by atoms with Crippen LogP contribution >= 0.6 is 0 Å². The van der Waals surface area contributed by atoms with Crippen molar-refractivity contribution in [2.24, 2.45) is 5.92 Å². The first-order valence-corrected chi connectivity index (χ1v) is 13.0. The number of hydrogen-bond donors (Lipinski definition) is 0. The molecule has 0 unspecified atom stereocenters. The predicted octanol–water partition coefficient (Wildman–Crippen LogP) is 8.09. The number of para-hydroxylation sites is 1. The van der Waals surface area contributed by atoms with E-state index in [1.165, 1.54) is 44.1 Å². The smallest absolute Gasteiger partial charge is 0.259 e. The fraction of sp³-hybridized carbons (Fsp3) is 0.290. The number of pyridine rings is 2. The molecule has 0 bridgehead atoms. The van der Waals surface area contributed by atoms with Crippen LogP contribution in [0.5, 0.6) is 0 Å². The molecule has 0 radical (unpaired) electrons. The fourth-order valence-corrected chi connectivity index (χ4v) is 5.57. The number of nitrogens with zero attached hydrogens (tertiary/aromatic N) is 4. The van der Waals surface area contributed by atoms with Crippen molar-refractivity contribution in [3.05, 3.63) is 84.7 Å². The lowest BCUT2D eigenvalue weighted by Gasteiger charge is -2.28. The third-order valence-electron chi connectivity index (χ3n) is 7.53. The molecule has 5 aromatic rings. The van der Waals surface area contributed by atoms with Crippen LogP contribution in [0.1, 0.15) is 56.9 Å². The molecule has 5 heteroatoms. The molecule has 0 aliphatic heterocycles. The molecular formula is C31H30N4O. The summed E-state index contributed by atoms with van der Waals surface area (Å²) in [5.74, 6) is 2.70. The molecule has 0 saturated heterocycles. The van der Waals surface area contributed by atoms with Gasteiger partial charge in [-0.25, -0.2) is 4.98 Å². The van der Waals surface area contributed by atoms with Gasteiger partial charge in [-0.1, -0.05) is 67.4 Å². The number of rotatable bonds is 6. The van der Waals surface area contributed by atoms with Gasteiger partial charge in [0.15, 0.2) is 0 Å². The average Bonchev–Trinajstić information content (AvgIpc) is 3.44. The molecule has 36 heavy (non-hydrogen) atoms. The van der Waals surface area contributed by atoms with Gasteiger partial charge in [0.2, 0.25) is 5.82 Å². The molecule has 1 fully saturated rings. The summed E-state index contributed by atoms with van der Waals surface area (Å²) in [6, 6.07) is 22.8. The molecule has 0 N–H and O–H groups in total. The maximum Gasteiger partial charge on any atom is 0.259 e. The number of fused-ring (bicyclic) bond motifs is 1. The zero-order valence-corrected chi connectivity index (χ0v) is 20.6. The van der Waals surface area contributed by atoms with E-state index < -0.39 is 0 Å². The van der Waals surface area contributed by atoms with E-state index in [4.69, 9.17) is 14.5 Å². The van der Waals surface area contributed by atoms with Gasteiger partial charge in [0.25, 0.3) is 5.89 Å². The van der Waals surface area contributed by atoms with Gasteiger partial charge in [0.05, 0.1) is 16.8 Å². The lowest BCUT2D eigenvalue weighted by Crippen LogP contribution is -2.13. The van der Waals surface area contributed by atoms with Crippen LogP contribution in [-0.2, 0) is 0 Å². The maximum atomic E-state index is 5.78. The largest absolute Gasteiger partial charge is 0.334 e. The molecule has 0 amide bonds. The minimum atomic E-state index is 0.497. The van der Waals surface area contributed by atoms with E-state index in [9.17, 15) is 0 Å². The van der Waals surface area contributed by atoms with E-state index >= 15 is 0 Å². The Morgan fingerprint density at radius 2 is 1.61 bits per heavy atom. The monoisotopic (exact) mass is 474 g/mol. The van der Waals surface area contributed by atoms with Crippen molar-refractivity contribution in [2.75, 3.05) is 0 Å². The van der Waals surface area contributed by atoms with Crippen LogP contribution in [0.15, 0.2) is 83.6 Å². The lowest BCUT2D eigenvalue weighted by atomic mass is 9.77. The topological polar surface area (TPSA) is 64.7 Å². The van der Waals surface area contributed by atoms with E-state index in [0.717, 1.165) is 39.2 Å². The van der Waals surface area contributed by atoms with Gasteiger partial charge in [-0.15, -0.1) is 0 Å². The standard InChI is InChI=1S/C31H30N4O/c1-2-5-21-8-10-22(11-9-21)23-12-14-25(15-13-23)30-34-31(36-35-30)27-20-29(24-16-18-32-19-17-24)33-28-7-4-3-6-26(27)28/h3-4,6-7,12-22H,2,5,8-11H2,1H3. The van der Waals surface area contributed by atoms with Gasteiger partial charge in [-0.05, 0) is 67.3 Å². The van der Waals surface area contributed by atoms with Crippen LogP contribution in [0.4, 0.5) is 0 Å². The Balaban J connectivity index is 1.28. The third-order valence-corrected chi connectivity index (χ3v) is 7.53. The zero-order valence-electron chi connectivity index (χ0n) is 20.6. The summed E-state index contributed by atoms with van der Waals surface area (Å²) < 4.78 is 5.78. The number of aromatic nitrogens is 4. The Bertz CT molecular complexity index is 1450. The highest BCUT2D eigenvalue weighted by atomic mass is 16.5. The first kappa shape index (κ1) is 22.6. The van der Waals surface area contributed by atoms with Crippen LogP contribution in [0.25, 0.3) is 45.0 Å². The number of hydrogen-bond acceptors (Lipinski definition) is 5. The molecule has 0 spiro atoms. The average molecular weight is 475 g/mol. The van der Waals surface area contributed by atoms with Gasteiger partial charge in [0.1, 0.15) is 0 Å². The molecule has 0 atom stereocenters. The molecule has 6 rings (SSSR count). The Morgan fingerprint density at radius 1 is 0.833 bits per heavy atom. The molecule has 3 heterocycles. The van der Waals surface area contributed by atoms with Crippen LogP contribution in [-0.4, -0.2) is 20.1 Å². The Kier molecular flexibility index (Phi) is 6.29. The third kappa shape index (κ3) is 4.53. The minimum absolute atomic E-state index is 0.497. The van der Waals surface area contributed by atoms with E-state index in [0.29, 0.717) is 17.6 Å². The van der Waals surface area contributed by atoms with Gasteiger partial charge in [0, 0.05) is 28.9 Å². The van der Waals surface area contributed by atoms with Crippen LogP contribution in [0.3, 0.4) is 0 Å². The zero-order chi connectivity index (χ0) is 24.3. The molecular weight excluding hydrogens is 444 g/mol. The maximum absolute atomic E-state index is 5.78. The van der Waals surface area contributed by atoms with Crippen LogP contribution < -0.4 is 0 Å². The molecule has 1 saturated carbocycles. The molecule has 1 aliphatic carbocycles. The Hall–Kier alpha value is -3.86. The first-order chi connectivity index (χ1) is 17.8. The molecule has 1 aliphatic rings. The highest BCUT2D eigenvalue weighted by molar-refractivity contribution is 5.94.